The third-order valence-electron chi connectivity index (χ3n) is 2.13. The van der Waals surface area contributed by atoms with E-state index >= 15 is 0 Å². The Morgan fingerprint density at radius 2 is 1.68 bits per heavy atom. The maximum atomic E-state index is 11.8. The normalized spacial score (nSPS) is 10.1. The average Bonchev–Trinajstić information content (AvgIpc) is 2.40. The maximum Gasteiger partial charge on any atom is 0.264 e. The summed E-state index contributed by atoms with van der Waals surface area (Å²) < 4.78 is 25.6. The summed E-state index contributed by atoms with van der Waals surface area (Å²) in [7, 11) is -3.97. The second kappa shape index (κ2) is 7.68. The number of carbonyl (C=O) groups is 2. The number of carbonyl (C=O) groups excluding carboxylic acids is 2. The molecule has 6 heteroatoms. The van der Waals surface area contributed by atoms with Crippen LogP contribution in [0.3, 0.4) is 0 Å². The van der Waals surface area contributed by atoms with Crippen LogP contribution in [0.2, 0.25) is 0 Å². The first kappa shape index (κ1) is 17.3. The number of nitrogens with one attached hydrogen (secondary N) is 1. The molecule has 0 unspecified atom stereocenters. The van der Waals surface area contributed by atoms with Crippen molar-refractivity contribution in [1.82, 2.24) is 4.72 Å². The number of Topliss-reactive ketones (excluding diaryl/α,β-unsaturated/α-hetero) is 1. The predicted octanol–water partition coefficient (Wildman–Crippen LogP) is 2.13. The minimum Gasteiger partial charge on any atom is -0.294 e. The molecule has 0 aliphatic rings. The van der Waals surface area contributed by atoms with Crippen LogP contribution in [0.15, 0.2) is 29.2 Å². The summed E-state index contributed by atoms with van der Waals surface area (Å²) in [4.78, 5) is 22.2. The Hall–Kier alpha value is -1.69. The van der Waals surface area contributed by atoms with Gasteiger partial charge in [0.05, 0.1) is 4.90 Å². The van der Waals surface area contributed by atoms with Crippen LogP contribution in [0.1, 0.15) is 44.5 Å². The molecule has 19 heavy (non-hydrogen) atoms. The molecule has 0 saturated carbocycles. The Balaban J connectivity index is 0.00000154. The van der Waals surface area contributed by atoms with Gasteiger partial charge in [-0.1, -0.05) is 39.0 Å². The van der Waals surface area contributed by atoms with Crippen molar-refractivity contribution in [3.05, 3.63) is 29.8 Å². The standard InChI is InChI=1S/C11H13NO4S.C2H6/c1-3-11(14)12-17(15,16)10-7-5-4-6-9(10)8(2)13;1-2/h4-7H,3H2,1-2H3,(H,12,14);1-2H3. The molecule has 0 radical (unpaired) electrons. The lowest BCUT2D eigenvalue weighted by atomic mass is 10.1. The molecule has 0 fully saturated rings. The Labute approximate surface area is 114 Å². The first-order chi connectivity index (χ1) is 8.88. The zero-order valence-corrected chi connectivity index (χ0v) is 12.4. The molecule has 0 atom stereocenters. The van der Waals surface area contributed by atoms with Crippen molar-refractivity contribution in [2.24, 2.45) is 0 Å². The zero-order chi connectivity index (χ0) is 15.1. The van der Waals surface area contributed by atoms with Crippen molar-refractivity contribution in [2.45, 2.75) is 39.0 Å². The molecule has 5 nitrogen and oxygen atoms in total. The minimum absolute atomic E-state index is 0.0570. The Morgan fingerprint density at radius 1 is 1.16 bits per heavy atom. The fraction of sp³-hybridized carbons (Fsp3) is 0.385. The van der Waals surface area contributed by atoms with Gasteiger partial charge in [-0.2, -0.15) is 0 Å². The Kier molecular flexibility index (Phi) is 7.00. The van der Waals surface area contributed by atoms with Crippen LogP contribution in [0.25, 0.3) is 0 Å². The fourth-order valence-corrected chi connectivity index (χ4v) is 2.58. The number of rotatable bonds is 4. The van der Waals surface area contributed by atoms with Crippen molar-refractivity contribution in [3.8, 4) is 0 Å². The van der Waals surface area contributed by atoms with Gasteiger partial charge in [-0.15, -0.1) is 0 Å². The molecule has 0 aliphatic carbocycles. The number of hydrogen-bond acceptors (Lipinski definition) is 4. The third-order valence-corrected chi connectivity index (χ3v) is 3.56. The van der Waals surface area contributed by atoms with Gasteiger partial charge in [-0.3, -0.25) is 9.59 Å². The van der Waals surface area contributed by atoms with Crippen molar-refractivity contribution in [2.75, 3.05) is 0 Å². The van der Waals surface area contributed by atoms with Gasteiger partial charge in [-0.25, -0.2) is 13.1 Å². The summed E-state index contributed by atoms with van der Waals surface area (Å²) in [6, 6.07) is 5.77. The summed E-state index contributed by atoms with van der Waals surface area (Å²) in [6.07, 6.45) is 0.0570. The first-order valence-electron chi connectivity index (χ1n) is 6.04. The molecule has 0 bridgehead atoms. The van der Waals surface area contributed by atoms with Crippen molar-refractivity contribution < 1.29 is 18.0 Å². The number of benzene rings is 1. The fourth-order valence-electron chi connectivity index (χ4n) is 1.27. The zero-order valence-electron chi connectivity index (χ0n) is 11.6. The SMILES string of the molecule is CC.CCC(=O)NS(=O)(=O)c1ccccc1C(C)=O. The van der Waals surface area contributed by atoms with Gasteiger partial charge < -0.3 is 0 Å². The van der Waals surface area contributed by atoms with Crippen molar-refractivity contribution in [1.29, 1.82) is 0 Å². The molecule has 106 valence electrons. The van der Waals surface area contributed by atoms with Gasteiger partial charge in [0.25, 0.3) is 10.0 Å². The molecule has 0 heterocycles. The largest absolute Gasteiger partial charge is 0.294 e. The van der Waals surface area contributed by atoms with Crippen LogP contribution in [-0.4, -0.2) is 20.1 Å². The number of amides is 1. The molecule has 1 rings (SSSR count). The molecule has 1 aromatic rings. The van der Waals surface area contributed by atoms with E-state index in [4.69, 9.17) is 0 Å². The summed E-state index contributed by atoms with van der Waals surface area (Å²) in [5.74, 6) is -0.974. The molecule has 1 N–H and O–H groups in total. The van der Waals surface area contributed by atoms with Crippen LogP contribution in [0.4, 0.5) is 0 Å². The highest BCUT2D eigenvalue weighted by Crippen LogP contribution is 2.15. The number of ketones is 1. The van der Waals surface area contributed by atoms with Gasteiger partial charge in [0, 0.05) is 12.0 Å². The molecule has 0 spiro atoms. The molecule has 0 aromatic heterocycles. The van der Waals surface area contributed by atoms with E-state index in [9.17, 15) is 18.0 Å². The monoisotopic (exact) mass is 285 g/mol. The third kappa shape index (κ3) is 4.82. The van der Waals surface area contributed by atoms with E-state index in [1.54, 1.807) is 13.0 Å². The summed E-state index contributed by atoms with van der Waals surface area (Å²) in [6.45, 7) is 6.82. The van der Waals surface area contributed by atoms with E-state index in [0.717, 1.165) is 0 Å². The predicted molar refractivity (Wildman–Crippen MR) is 73.4 cm³/mol. The Bertz CT molecular complexity index is 550. The summed E-state index contributed by atoms with van der Waals surface area (Å²) in [5, 5.41) is 0. The van der Waals surface area contributed by atoms with Crippen LogP contribution in [0, 0.1) is 0 Å². The van der Waals surface area contributed by atoms with E-state index in [-0.39, 0.29) is 22.7 Å². The van der Waals surface area contributed by atoms with E-state index < -0.39 is 15.9 Å². The van der Waals surface area contributed by atoms with Crippen LogP contribution in [0.5, 0.6) is 0 Å². The van der Waals surface area contributed by atoms with Crippen molar-refractivity contribution in [3.63, 3.8) is 0 Å². The van der Waals surface area contributed by atoms with Gasteiger partial charge in [0.15, 0.2) is 5.78 Å². The van der Waals surface area contributed by atoms with E-state index in [0.29, 0.717) is 0 Å². The average molecular weight is 285 g/mol. The molecular formula is C13H19NO4S. The minimum atomic E-state index is -3.97. The number of sulfonamides is 1. The van der Waals surface area contributed by atoms with Gasteiger partial charge >= 0.3 is 0 Å². The second-order valence-corrected chi connectivity index (χ2v) is 5.09. The highest BCUT2D eigenvalue weighted by Gasteiger charge is 2.21. The highest BCUT2D eigenvalue weighted by molar-refractivity contribution is 7.90. The maximum absolute atomic E-state index is 11.8. The lowest BCUT2D eigenvalue weighted by Crippen LogP contribution is -2.30. The molecular weight excluding hydrogens is 266 g/mol. The van der Waals surface area contributed by atoms with Crippen molar-refractivity contribution >= 4 is 21.7 Å². The first-order valence-corrected chi connectivity index (χ1v) is 7.52. The van der Waals surface area contributed by atoms with Crippen LogP contribution >= 0.6 is 0 Å². The van der Waals surface area contributed by atoms with Gasteiger partial charge in [0.1, 0.15) is 0 Å². The highest BCUT2D eigenvalue weighted by atomic mass is 32.2. The summed E-state index contributed by atoms with van der Waals surface area (Å²) in [5.41, 5.74) is 0.0731. The molecule has 1 aromatic carbocycles. The smallest absolute Gasteiger partial charge is 0.264 e. The lowest BCUT2D eigenvalue weighted by molar-refractivity contribution is -0.119. The topological polar surface area (TPSA) is 80.3 Å². The molecule has 0 aliphatic heterocycles. The second-order valence-electron chi connectivity index (χ2n) is 3.43. The van der Waals surface area contributed by atoms with Gasteiger partial charge in [0.2, 0.25) is 5.91 Å². The summed E-state index contributed by atoms with van der Waals surface area (Å²) >= 11 is 0. The van der Waals surface area contributed by atoms with E-state index in [1.807, 2.05) is 18.6 Å². The van der Waals surface area contributed by atoms with Crippen LogP contribution in [-0.2, 0) is 14.8 Å². The van der Waals surface area contributed by atoms with E-state index in [2.05, 4.69) is 0 Å². The quantitative estimate of drug-likeness (QED) is 0.859. The molecule has 0 saturated heterocycles. The molecule has 1 amide bonds. The van der Waals surface area contributed by atoms with Gasteiger partial charge in [-0.05, 0) is 13.0 Å². The Morgan fingerprint density at radius 3 is 2.16 bits per heavy atom. The van der Waals surface area contributed by atoms with Crippen LogP contribution < -0.4 is 4.72 Å². The lowest BCUT2D eigenvalue weighted by Gasteiger charge is -2.08. The number of hydrogen-bond donors (Lipinski definition) is 1. The van der Waals surface area contributed by atoms with E-state index in [1.165, 1.54) is 25.1 Å².